The molecule has 0 spiro atoms. The molecule has 2 aliphatic heterocycles. The van der Waals surface area contributed by atoms with Crippen LogP contribution in [-0.2, 0) is 24.9 Å². The van der Waals surface area contributed by atoms with E-state index in [-0.39, 0.29) is 11.2 Å². The minimum atomic E-state index is -0.575. The molecule has 214 valence electrons. The first-order valence-corrected chi connectivity index (χ1v) is 16.6. The first-order chi connectivity index (χ1) is 17.1. The van der Waals surface area contributed by atoms with E-state index in [1.165, 1.54) is 5.56 Å². The predicted molar refractivity (Wildman–Crippen MR) is 161 cm³/mol. The fourth-order valence-electron chi connectivity index (χ4n) is 4.30. The van der Waals surface area contributed by atoms with Gasteiger partial charge in [0.1, 0.15) is 0 Å². The lowest BCUT2D eigenvalue weighted by Crippen LogP contribution is -2.57. The van der Waals surface area contributed by atoms with Crippen molar-refractivity contribution in [1.29, 1.82) is 0 Å². The van der Waals surface area contributed by atoms with Gasteiger partial charge in [-0.1, -0.05) is 71.9 Å². The lowest BCUT2D eigenvalue weighted by Gasteiger charge is -2.45. The Labute approximate surface area is 232 Å². The van der Waals surface area contributed by atoms with Crippen molar-refractivity contribution in [2.75, 3.05) is 39.5 Å². The molecule has 0 aromatic heterocycles. The zero-order valence-corrected chi connectivity index (χ0v) is 28.3. The number of rotatable bonds is 8. The zero-order valence-electron chi connectivity index (χ0n) is 25.5. The Kier molecular flexibility index (Phi) is 12.5. The molecule has 37 heavy (non-hydrogen) atoms. The summed E-state index contributed by atoms with van der Waals surface area (Å²) in [6, 6.07) is 11.3. The van der Waals surface area contributed by atoms with Crippen molar-refractivity contribution < 1.29 is 18.3 Å². The quantitative estimate of drug-likeness (QED) is 0.491. The Morgan fingerprint density at radius 3 is 1.92 bits per heavy atom. The number of ether oxygens (including phenoxy) is 2. The molecule has 0 aliphatic carbocycles. The van der Waals surface area contributed by atoms with Gasteiger partial charge in [0.2, 0.25) is 0 Å². The van der Waals surface area contributed by atoms with Crippen molar-refractivity contribution >= 4 is 19.5 Å². The molecular formula is C29H56N2O4Si2. The maximum atomic E-state index is 6.42. The molecule has 6 nitrogen and oxygen atoms in total. The highest BCUT2D eigenvalue weighted by molar-refractivity contribution is 6.32. The van der Waals surface area contributed by atoms with Crippen LogP contribution in [0.5, 0.6) is 0 Å². The van der Waals surface area contributed by atoms with Gasteiger partial charge in [0.05, 0.1) is 49.7 Å². The van der Waals surface area contributed by atoms with E-state index in [1.807, 2.05) is 0 Å². The van der Waals surface area contributed by atoms with E-state index >= 15 is 0 Å². The second-order valence-electron chi connectivity index (χ2n) is 14.0. The third kappa shape index (κ3) is 12.4. The zero-order chi connectivity index (χ0) is 27.7. The average molecular weight is 553 g/mol. The van der Waals surface area contributed by atoms with Crippen molar-refractivity contribution in [2.45, 2.75) is 109 Å². The van der Waals surface area contributed by atoms with Crippen LogP contribution in [0.4, 0.5) is 0 Å². The highest BCUT2D eigenvalue weighted by Gasteiger charge is 2.38. The van der Waals surface area contributed by atoms with Gasteiger partial charge in [-0.2, -0.15) is 0 Å². The summed E-state index contributed by atoms with van der Waals surface area (Å²) in [5.41, 5.74) is 1.10. The van der Waals surface area contributed by atoms with Crippen molar-refractivity contribution in [3.63, 3.8) is 0 Å². The van der Waals surface area contributed by atoms with Crippen molar-refractivity contribution in [3.05, 3.63) is 35.9 Å². The van der Waals surface area contributed by atoms with E-state index < -0.39 is 19.5 Å². The summed E-state index contributed by atoms with van der Waals surface area (Å²) in [6.07, 6.45) is 0. The maximum Gasteiger partial charge on any atom is 0.167 e. The number of morpholine rings is 2. The standard InChI is InChI=1S/C18H31NO2Si.C11H25NO2Si/c1-17(2,3)22-21-18(4,5)16-14-20-12-11-19(16)13-15-9-7-6-8-10-15;1-10(2,3)15-14-11(4,5)9-8-13-7-6-12-9/h6-10,16H,11-14,22H2,1-5H3;9,12H,6-8,15H2,1-5H3/t16-;9-/m00/s1. The molecule has 2 atom stereocenters. The molecular weight excluding hydrogens is 497 g/mol. The van der Waals surface area contributed by atoms with E-state index in [9.17, 15) is 0 Å². The molecule has 0 bridgehead atoms. The van der Waals surface area contributed by atoms with Gasteiger partial charge in [-0.05, 0) is 43.3 Å². The Hall–Kier alpha value is -0.586. The maximum absolute atomic E-state index is 6.42. The van der Waals surface area contributed by atoms with Crippen LogP contribution in [0.1, 0.15) is 74.8 Å². The molecule has 0 amide bonds. The summed E-state index contributed by atoms with van der Waals surface area (Å²) in [5, 5.41) is 4.14. The summed E-state index contributed by atoms with van der Waals surface area (Å²) in [6.45, 7) is 28.4. The molecule has 2 saturated heterocycles. The molecule has 1 aromatic rings. The predicted octanol–water partition coefficient (Wildman–Crippen LogP) is 4.06. The summed E-state index contributed by atoms with van der Waals surface area (Å²) < 4.78 is 23.8. The van der Waals surface area contributed by atoms with Crippen LogP contribution in [0.25, 0.3) is 0 Å². The van der Waals surface area contributed by atoms with Crippen LogP contribution in [0, 0.1) is 0 Å². The molecule has 8 heteroatoms. The fraction of sp³-hybridized carbons (Fsp3) is 0.793. The first kappa shape index (κ1) is 32.6. The van der Waals surface area contributed by atoms with Crippen LogP contribution < -0.4 is 5.32 Å². The molecule has 1 N–H and O–H groups in total. The van der Waals surface area contributed by atoms with E-state index in [0.717, 1.165) is 46.1 Å². The van der Waals surface area contributed by atoms with E-state index in [4.69, 9.17) is 18.3 Å². The summed E-state index contributed by atoms with van der Waals surface area (Å²) in [5.74, 6) is 0. The Morgan fingerprint density at radius 1 is 0.811 bits per heavy atom. The highest BCUT2D eigenvalue weighted by atomic mass is 28.2. The Balaban J connectivity index is 0.000000281. The fourth-order valence-corrected chi connectivity index (χ4v) is 6.30. The minimum Gasteiger partial charge on any atom is -0.417 e. The van der Waals surface area contributed by atoms with E-state index in [2.05, 4.69) is 110 Å². The van der Waals surface area contributed by atoms with Crippen LogP contribution in [-0.4, -0.2) is 87.2 Å². The van der Waals surface area contributed by atoms with Crippen LogP contribution in [0.3, 0.4) is 0 Å². The van der Waals surface area contributed by atoms with Gasteiger partial charge < -0.3 is 23.6 Å². The Morgan fingerprint density at radius 2 is 1.38 bits per heavy atom. The molecule has 0 unspecified atom stereocenters. The lowest BCUT2D eigenvalue weighted by atomic mass is 9.96. The third-order valence-corrected chi connectivity index (χ3v) is 10.3. The average Bonchev–Trinajstić information content (AvgIpc) is 2.83. The van der Waals surface area contributed by atoms with E-state index in [0.29, 0.717) is 22.2 Å². The van der Waals surface area contributed by atoms with Gasteiger partial charge in [-0.3, -0.25) is 4.90 Å². The number of nitrogens with zero attached hydrogens (tertiary/aromatic N) is 1. The SMILES string of the molecule is CC(C)(C)[SiH2]OC(C)(C)[C@@H]1COCCN1.CC(C)(C)[SiH2]OC(C)(C)[C@@H]1COCCN1Cc1ccccc1. The van der Waals surface area contributed by atoms with Crippen molar-refractivity contribution in [2.24, 2.45) is 0 Å². The minimum absolute atomic E-state index is 0.0973. The van der Waals surface area contributed by atoms with Gasteiger partial charge in [-0.25, -0.2) is 0 Å². The smallest absolute Gasteiger partial charge is 0.167 e. The van der Waals surface area contributed by atoms with Crippen LogP contribution in [0.15, 0.2) is 30.3 Å². The molecule has 3 rings (SSSR count). The first-order valence-electron chi connectivity index (χ1n) is 14.0. The van der Waals surface area contributed by atoms with Gasteiger partial charge in [0.15, 0.2) is 19.5 Å². The topological polar surface area (TPSA) is 52.2 Å². The highest BCUT2D eigenvalue weighted by Crippen LogP contribution is 2.29. The molecule has 2 heterocycles. The molecule has 0 saturated carbocycles. The van der Waals surface area contributed by atoms with Gasteiger partial charge in [-0.15, -0.1) is 0 Å². The molecule has 2 fully saturated rings. The molecule has 1 aromatic carbocycles. The monoisotopic (exact) mass is 552 g/mol. The largest absolute Gasteiger partial charge is 0.417 e. The van der Waals surface area contributed by atoms with E-state index in [1.54, 1.807) is 0 Å². The van der Waals surface area contributed by atoms with Crippen LogP contribution >= 0.6 is 0 Å². The normalized spacial score (nSPS) is 23.0. The summed E-state index contributed by atoms with van der Waals surface area (Å²) in [7, 11) is -1.07. The summed E-state index contributed by atoms with van der Waals surface area (Å²) >= 11 is 0. The van der Waals surface area contributed by atoms with Crippen molar-refractivity contribution in [1.82, 2.24) is 10.2 Å². The second-order valence-corrected chi connectivity index (χ2v) is 19.4. The van der Waals surface area contributed by atoms with Crippen molar-refractivity contribution in [3.8, 4) is 0 Å². The Bertz CT molecular complexity index is 772. The number of hydrogen-bond acceptors (Lipinski definition) is 6. The van der Waals surface area contributed by atoms with Gasteiger partial charge >= 0.3 is 0 Å². The lowest BCUT2D eigenvalue weighted by molar-refractivity contribution is -0.0879. The van der Waals surface area contributed by atoms with Gasteiger partial charge in [0, 0.05) is 19.6 Å². The summed E-state index contributed by atoms with van der Waals surface area (Å²) in [4.78, 5) is 2.52. The number of nitrogens with one attached hydrogen (secondary N) is 1. The van der Waals surface area contributed by atoms with Gasteiger partial charge in [0.25, 0.3) is 0 Å². The molecule has 2 aliphatic rings. The number of benzene rings is 1. The van der Waals surface area contributed by atoms with Crippen LogP contribution in [0.2, 0.25) is 10.1 Å². The molecule has 0 radical (unpaired) electrons. The second kappa shape index (κ2) is 14.2. The number of hydrogen-bond donors (Lipinski definition) is 1. The third-order valence-electron chi connectivity index (χ3n) is 6.79.